The number of hydrogen-bond acceptors (Lipinski definition) is 2. The molecule has 2 aromatic heterocycles. The third-order valence-electron chi connectivity index (χ3n) is 3.31. The first-order chi connectivity index (χ1) is 9.65. The van der Waals surface area contributed by atoms with Crippen LogP contribution in [0.5, 0.6) is 0 Å². The van der Waals surface area contributed by atoms with Gasteiger partial charge in [0.05, 0.1) is 6.54 Å². The van der Waals surface area contributed by atoms with E-state index in [9.17, 15) is 0 Å². The van der Waals surface area contributed by atoms with Gasteiger partial charge in [0.2, 0.25) is 0 Å². The van der Waals surface area contributed by atoms with Gasteiger partial charge in [0, 0.05) is 28.7 Å². The Kier molecular flexibility index (Phi) is 3.49. The van der Waals surface area contributed by atoms with Crippen LogP contribution in [0.15, 0.2) is 36.8 Å². The number of hydrogen-bond donors (Lipinski definition) is 0. The first-order valence-corrected chi connectivity index (χ1v) is 7.13. The molecule has 0 atom stereocenters. The molecule has 3 aromatic rings. The molecule has 0 aliphatic rings. The molecular formula is C15H17ClN4. The van der Waals surface area contributed by atoms with Crippen LogP contribution in [0.25, 0.3) is 10.9 Å². The maximum Gasteiger partial charge on any atom is 0.146 e. The molecule has 0 saturated carbocycles. The number of halogens is 1. The van der Waals surface area contributed by atoms with Gasteiger partial charge in [-0.15, -0.1) is 0 Å². The van der Waals surface area contributed by atoms with E-state index in [1.807, 2.05) is 29.1 Å². The van der Waals surface area contributed by atoms with E-state index in [-0.39, 0.29) is 0 Å². The smallest absolute Gasteiger partial charge is 0.146 e. The zero-order valence-electron chi connectivity index (χ0n) is 11.6. The van der Waals surface area contributed by atoms with Crippen molar-refractivity contribution >= 4 is 22.5 Å². The van der Waals surface area contributed by atoms with E-state index in [4.69, 9.17) is 11.6 Å². The van der Waals surface area contributed by atoms with Crippen LogP contribution in [-0.4, -0.2) is 19.3 Å². The molecule has 0 aliphatic heterocycles. The molecule has 4 nitrogen and oxygen atoms in total. The van der Waals surface area contributed by atoms with Crippen molar-refractivity contribution in [2.24, 2.45) is 5.92 Å². The van der Waals surface area contributed by atoms with Crippen molar-refractivity contribution in [1.29, 1.82) is 0 Å². The van der Waals surface area contributed by atoms with Gasteiger partial charge in [-0.25, -0.2) is 9.67 Å². The number of rotatable bonds is 4. The minimum atomic E-state index is 0.548. The molecule has 104 valence electrons. The van der Waals surface area contributed by atoms with Crippen molar-refractivity contribution in [3.8, 4) is 0 Å². The molecule has 0 unspecified atom stereocenters. The minimum Gasteiger partial charge on any atom is -0.340 e. The lowest BCUT2D eigenvalue weighted by molar-refractivity contribution is 0.462. The summed E-state index contributed by atoms with van der Waals surface area (Å²) >= 11 is 6.21. The largest absolute Gasteiger partial charge is 0.340 e. The third-order valence-corrected chi connectivity index (χ3v) is 3.64. The monoisotopic (exact) mass is 288 g/mol. The molecule has 1 aromatic carbocycles. The molecule has 0 N–H and O–H groups in total. The molecule has 2 heterocycles. The lowest BCUT2D eigenvalue weighted by Gasteiger charge is -2.10. The first kappa shape index (κ1) is 13.2. The van der Waals surface area contributed by atoms with Crippen molar-refractivity contribution in [2.45, 2.75) is 26.9 Å². The molecule has 0 amide bonds. The Morgan fingerprint density at radius 2 is 2.10 bits per heavy atom. The summed E-state index contributed by atoms with van der Waals surface area (Å²) in [7, 11) is 0. The van der Waals surface area contributed by atoms with Crippen LogP contribution in [0.1, 0.15) is 19.7 Å². The number of benzene rings is 1. The standard InChI is InChI=1S/C15H17ClN4/c1-11(2)8-20-15(17-10-18-20)9-19-7-6-12-13(16)4-3-5-14(12)19/h3-7,10-11H,8-9H2,1-2H3. The Bertz CT molecular complexity index is 726. The van der Waals surface area contributed by atoms with E-state index >= 15 is 0 Å². The highest BCUT2D eigenvalue weighted by Gasteiger charge is 2.09. The lowest BCUT2D eigenvalue weighted by Crippen LogP contribution is -2.12. The predicted octanol–water partition coefficient (Wildman–Crippen LogP) is 3.59. The van der Waals surface area contributed by atoms with Gasteiger partial charge in [-0.1, -0.05) is 31.5 Å². The van der Waals surface area contributed by atoms with Crippen molar-refractivity contribution in [3.05, 3.63) is 47.6 Å². The average molecular weight is 289 g/mol. The Morgan fingerprint density at radius 1 is 1.25 bits per heavy atom. The van der Waals surface area contributed by atoms with Crippen LogP contribution in [-0.2, 0) is 13.1 Å². The summed E-state index contributed by atoms with van der Waals surface area (Å²) in [6, 6.07) is 8.00. The van der Waals surface area contributed by atoms with Crippen molar-refractivity contribution in [2.75, 3.05) is 0 Å². The first-order valence-electron chi connectivity index (χ1n) is 6.75. The SMILES string of the molecule is CC(C)Cn1ncnc1Cn1ccc2c(Cl)cccc21. The van der Waals surface area contributed by atoms with Gasteiger partial charge in [-0.3, -0.25) is 0 Å². The summed E-state index contributed by atoms with van der Waals surface area (Å²) in [6.07, 6.45) is 3.67. The third kappa shape index (κ3) is 2.43. The number of nitrogens with zero attached hydrogens (tertiary/aromatic N) is 4. The number of fused-ring (bicyclic) bond motifs is 1. The summed E-state index contributed by atoms with van der Waals surface area (Å²) in [5, 5.41) is 6.16. The number of aromatic nitrogens is 4. The molecule has 5 heteroatoms. The van der Waals surface area contributed by atoms with Crippen LogP contribution >= 0.6 is 11.6 Å². The van der Waals surface area contributed by atoms with E-state index in [0.29, 0.717) is 12.5 Å². The Morgan fingerprint density at radius 3 is 2.90 bits per heavy atom. The van der Waals surface area contributed by atoms with Gasteiger partial charge in [-0.05, 0) is 24.1 Å². The maximum absolute atomic E-state index is 6.21. The quantitative estimate of drug-likeness (QED) is 0.735. The summed E-state index contributed by atoms with van der Waals surface area (Å²) < 4.78 is 4.13. The lowest BCUT2D eigenvalue weighted by atomic mass is 10.2. The summed E-state index contributed by atoms with van der Waals surface area (Å²) in [6.45, 7) is 5.94. The molecule has 0 bridgehead atoms. The van der Waals surface area contributed by atoms with E-state index in [2.05, 4.69) is 34.6 Å². The fraction of sp³-hybridized carbons (Fsp3) is 0.333. The molecule has 0 radical (unpaired) electrons. The predicted molar refractivity (Wildman–Crippen MR) is 80.9 cm³/mol. The van der Waals surface area contributed by atoms with Crippen LogP contribution < -0.4 is 0 Å². The van der Waals surface area contributed by atoms with Gasteiger partial charge in [0.15, 0.2) is 0 Å². The fourth-order valence-electron chi connectivity index (χ4n) is 2.39. The van der Waals surface area contributed by atoms with E-state index in [0.717, 1.165) is 28.3 Å². The second-order valence-electron chi connectivity index (χ2n) is 5.37. The second-order valence-corrected chi connectivity index (χ2v) is 5.78. The summed E-state index contributed by atoms with van der Waals surface area (Å²) in [5.74, 6) is 1.52. The molecule has 0 spiro atoms. The van der Waals surface area contributed by atoms with Gasteiger partial charge in [0.1, 0.15) is 12.2 Å². The normalized spacial score (nSPS) is 11.6. The summed E-state index contributed by atoms with van der Waals surface area (Å²) in [4.78, 5) is 4.37. The average Bonchev–Trinajstić information content (AvgIpc) is 2.99. The topological polar surface area (TPSA) is 35.6 Å². The van der Waals surface area contributed by atoms with Gasteiger partial charge in [-0.2, -0.15) is 5.10 Å². The molecule has 20 heavy (non-hydrogen) atoms. The molecule has 0 fully saturated rings. The Balaban J connectivity index is 1.94. The molecule has 0 saturated heterocycles. The second kappa shape index (κ2) is 5.29. The van der Waals surface area contributed by atoms with Crippen molar-refractivity contribution in [1.82, 2.24) is 19.3 Å². The highest BCUT2D eigenvalue weighted by atomic mass is 35.5. The highest BCUT2D eigenvalue weighted by Crippen LogP contribution is 2.24. The van der Waals surface area contributed by atoms with Gasteiger partial charge in [0.25, 0.3) is 0 Å². The zero-order valence-corrected chi connectivity index (χ0v) is 12.4. The summed E-state index contributed by atoms with van der Waals surface area (Å²) in [5.41, 5.74) is 1.12. The van der Waals surface area contributed by atoms with Crippen LogP contribution in [0.3, 0.4) is 0 Å². The minimum absolute atomic E-state index is 0.548. The molecular weight excluding hydrogens is 272 g/mol. The molecule has 0 aliphatic carbocycles. The van der Waals surface area contributed by atoms with Crippen LogP contribution in [0.4, 0.5) is 0 Å². The van der Waals surface area contributed by atoms with Gasteiger partial charge < -0.3 is 4.57 Å². The molecule has 3 rings (SSSR count). The van der Waals surface area contributed by atoms with E-state index < -0.39 is 0 Å². The van der Waals surface area contributed by atoms with Gasteiger partial charge >= 0.3 is 0 Å². The zero-order chi connectivity index (χ0) is 14.1. The Labute approximate surface area is 123 Å². The van der Waals surface area contributed by atoms with Crippen LogP contribution in [0.2, 0.25) is 5.02 Å². The fourth-order valence-corrected chi connectivity index (χ4v) is 2.62. The Hall–Kier alpha value is -1.81. The maximum atomic E-state index is 6.21. The highest BCUT2D eigenvalue weighted by molar-refractivity contribution is 6.35. The van der Waals surface area contributed by atoms with E-state index in [1.165, 1.54) is 0 Å². The van der Waals surface area contributed by atoms with E-state index in [1.54, 1.807) is 6.33 Å². The van der Waals surface area contributed by atoms with Crippen molar-refractivity contribution < 1.29 is 0 Å². The van der Waals surface area contributed by atoms with Crippen LogP contribution in [0, 0.1) is 5.92 Å². The van der Waals surface area contributed by atoms with Crippen molar-refractivity contribution in [3.63, 3.8) is 0 Å².